The van der Waals surface area contributed by atoms with E-state index in [0.29, 0.717) is 12.1 Å². The van der Waals surface area contributed by atoms with E-state index in [1.54, 1.807) is 12.1 Å². The van der Waals surface area contributed by atoms with Crippen molar-refractivity contribution >= 4 is 0 Å². The first-order valence-corrected chi connectivity index (χ1v) is 5.42. The fraction of sp³-hybridized carbons (Fsp3) is 0.500. The summed E-state index contributed by atoms with van der Waals surface area (Å²) in [6.07, 6.45) is 2.62. The van der Waals surface area contributed by atoms with Crippen LogP contribution < -0.4 is 5.32 Å². The summed E-state index contributed by atoms with van der Waals surface area (Å²) in [6.45, 7) is 0.494. The molecule has 0 bridgehead atoms. The van der Waals surface area contributed by atoms with Crippen molar-refractivity contribution in [3.63, 3.8) is 0 Å². The highest BCUT2D eigenvalue weighted by Crippen LogP contribution is 2.19. The van der Waals surface area contributed by atoms with Crippen molar-refractivity contribution in [3.05, 3.63) is 35.6 Å². The second-order valence-electron chi connectivity index (χ2n) is 4.08. The summed E-state index contributed by atoms with van der Waals surface area (Å²) in [7, 11) is 0. The second-order valence-corrected chi connectivity index (χ2v) is 4.08. The molecule has 15 heavy (non-hydrogen) atoms. The van der Waals surface area contributed by atoms with Crippen LogP contribution in [0.25, 0.3) is 0 Å². The van der Waals surface area contributed by atoms with Gasteiger partial charge in [-0.05, 0) is 25.3 Å². The summed E-state index contributed by atoms with van der Waals surface area (Å²) >= 11 is 0. The van der Waals surface area contributed by atoms with E-state index < -0.39 is 0 Å². The molecule has 0 aliphatic heterocycles. The van der Waals surface area contributed by atoms with E-state index in [1.165, 1.54) is 6.07 Å². The van der Waals surface area contributed by atoms with Gasteiger partial charge < -0.3 is 10.4 Å². The quantitative estimate of drug-likeness (QED) is 0.796. The Balaban J connectivity index is 1.90. The van der Waals surface area contributed by atoms with Gasteiger partial charge in [0.2, 0.25) is 0 Å². The van der Waals surface area contributed by atoms with E-state index in [-0.39, 0.29) is 18.0 Å². The van der Waals surface area contributed by atoms with Crippen LogP contribution in [-0.2, 0) is 6.54 Å². The molecule has 0 amide bonds. The monoisotopic (exact) mass is 209 g/mol. The van der Waals surface area contributed by atoms with Gasteiger partial charge in [-0.2, -0.15) is 0 Å². The highest BCUT2D eigenvalue weighted by molar-refractivity contribution is 5.17. The Morgan fingerprint density at radius 2 is 2.13 bits per heavy atom. The van der Waals surface area contributed by atoms with Crippen LogP contribution >= 0.6 is 0 Å². The average Bonchev–Trinajstić information content (AvgIpc) is 2.63. The summed E-state index contributed by atoms with van der Waals surface area (Å²) in [4.78, 5) is 0. The van der Waals surface area contributed by atoms with Crippen LogP contribution in [0.3, 0.4) is 0 Å². The molecule has 1 aliphatic carbocycles. The molecule has 0 radical (unpaired) electrons. The smallest absolute Gasteiger partial charge is 0.127 e. The van der Waals surface area contributed by atoms with Gasteiger partial charge in [-0.3, -0.25) is 0 Å². The van der Waals surface area contributed by atoms with Gasteiger partial charge in [-0.25, -0.2) is 4.39 Å². The van der Waals surface area contributed by atoms with Crippen molar-refractivity contribution < 1.29 is 9.50 Å². The number of rotatable bonds is 3. The predicted molar refractivity (Wildman–Crippen MR) is 56.9 cm³/mol. The number of halogens is 1. The summed E-state index contributed by atoms with van der Waals surface area (Å²) in [5.41, 5.74) is 0.664. The molecule has 82 valence electrons. The number of aliphatic hydroxyl groups excluding tert-OH is 1. The molecule has 0 spiro atoms. The molecule has 2 N–H and O–H groups in total. The number of aliphatic hydroxyl groups is 1. The first kappa shape index (κ1) is 10.6. The lowest BCUT2D eigenvalue weighted by Crippen LogP contribution is -2.35. The van der Waals surface area contributed by atoms with Gasteiger partial charge in [0.1, 0.15) is 5.82 Å². The highest BCUT2D eigenvalue weighted by Gasteiger charge is 2.24. The molecule has 1 aromatic carbocycles. The summed E-state index contributed by atoms with van der Waals surface area (Å²) in [5, 5.41) is 12.8. The third-order valence-corrected chi connectivity index (χ3v) is 2.99. The molecule has 2 nitrogen and oxygen atoms in total. The van der Waals surface area contributed by atoms with Crippen molar-refractivity contribution in [2.45, 2.75) is 38.0 Å². The molecule has 0 saturated heterocycles. The van der Waals surface area contributed by atoms with E-state index >= 15 is 0 Å². The minimum atomic E-state index is -0.267. The number of nitrogens with one attached hydrogen (secondary N) is 1. The fourth-order valence-electron chi connectivity index (χ4n) is 2.06. The molecule has 0 heterocycles. The van der Waals surface area contributed by atoms with E-state index in [9.17, 15) is 9.50 Å². The predicted octanol–water partition coefficient (Wildman–Crippen LogP) is 1.83. The van der Waals surface area contributed by atoms with E-state index in [1.807, 2.05) is 6.07 Å². The Kier molecular flexibility index (Phi) is 3.34. The number of hydrogen-bond acceptors (Lipinski definition) is 2. The minimum absolute atomic E-state index is 0.129. The minimum Gasteiger partial charge on any atom is -0.392 e. The Morgan fingerprint density at radius 3 is 2.80 bits per heavy atom. The van der Waals surface area contributed by atoms with Crippen LogP contribution in [-0.4, -0.2) is 17.3 Å². The van der Waals surface area contributed by atoms with Gasteiger partial charge in [0.15, 0.2) is 0 Å². The number of benzene rings is 1. The van der Waals surface area contributed by atoms with Gasteiger partial charge in [-0.15, -0.1) is 0 Å². The van der Waals surface area contributed by atoms with Crippen LogP contribution in [0, 0.1) is 5.82 Å². The lowest BCUT2D eigenvalue weighted by molar-refractivity contribution is 0.148. The van der Waals surface area contributed by atoms with Crippen LogP contribution in [0.15, 0.2) is 24.3 Å². The Labute approximate surface area is 89.1 Å². The lowest BCUT2D eigenvalue weighted by atomic mass is 10.1. The van der Waals surface area contributed by atoms with Gasteiger partial charge in [0.05, 0.1) is 6.10 Å². The maximum atomic E-state index is 13.3. The topological polar surface area (TPSA) is 32.3 Å². The SMILES string of the molecule is O[C@H]1CCC[C@@H]1NCc1ccccc1F. The molecule has 1 saturated carbocycles. The lowest BCUT2D eigenvalue weighted by Gasteiger charge is -2.16. The van der Waals surface area contributed by atoms with E-state index in [4.69, 9.17) is 0 Å². The van der Waals surface area contributed by atoms with E-state index in [0.717, 1.165) is 19.3 Å². The summed E-state index contributed by atoms with van der Waals surface area (Å²) in [6, 6.07) is 6.87. The molecule has 1 fully saturated rings. The standard InChI is InChI=1S/C12H16FNO/c13-10-5-2-1-4-9(10)8-14-11-6-3-7-12(11)15/h1-2,4-5,11-12,14-15H,3,6-8H2/t11-,12-/m0/s1. The Morgan fingerprint density at radius 1 is 1.33 bits per heavy atom. The zero-order valence-corrected chi connectivity index (χ0v) is 8.62. The van der Waals surface area contributed by atoms with Crippen molar-refractivity contribution in [1.29, 1.82) is 0 Å². The first-order chi connectivity index (χ1) is 7.27. The third kappa shape index (κ3) is 2.55. The highest BCUT2D eigenvalue weighted by atomic mass is 19.1. The average molecular weight is 209 g/mol. The van der Waals surface area contributed by atoms with Gasteiger partial charge in [-0.1, -0.05) is 18.2 Å². The molecule has 3 heteroatoms. The molecule has 0 aromatic heterocycles. The maximum absolute atomic E-state index is 13.3. The molecular formula is C12H16FNO. The fourth-order valence-corrected chi connectivity index (χ4v) is 2.06. The van der Waals surface area contributed by atoms with Crippen molar-refractivity contribution in [3.8, 4) is 0 Å². The van der Waals surface area contributed by atoms with Crippen molar-refractivity contribution in [2.24, 2.45) is 0 Å². The second kappa shape index (κ2) is 4.73. The molecular weight excluding hydrogens is 193 g/mol. The Hall–Kier alpha value is -0.930. The maximum Gasteiger partial charge on any atom is 0.127 e. The largest absolute Gasteiger partial charge is 0.392 e. The number of hydrogen-bond donors (Lipinski definition) is 2. The zero-order chi connectivity index (χ0) is 10.7. The normalized spacial score (nSPS) is 25.7. The molecule has 2 rings (SSSR count). The van der Waals surface area contributed by atoms with Gasteiger partial charge in [0, 0.05) is 18.2 Å². The van der Waals surface area contributed by atoms with Crippen molar-refractivity contribution in [2.75, 3.05) is 0 Å². The summed E-state index contributed by atoms with van der Waals surface area (Å²) in [5.74, 6) is -0.183. The molecule has 2 atom stereocenters. The van der Waals surface area contributed by atoms with E-state index in [2.05, 4.69) is 5.32 Å². The van der Waals surface area contributed by atoms with Crippen LogP contribution in [0.2, 0.25) is 0 Å². The van der Waals surface area contributed by atoms with Gasteiger partial charge in [0.25, 0.3) is 0 Å². The molecule has 1 aromatic rings. The van der Waals surface area contributed by atoms with Crippen molar-refractivity contribution in [1.82, 2.24) is 5.32 Å². The Bertz CT molecular complexity index is 329. The summed E-state index contributed by atoms with van der Waals surface area (Å²) < 4.78 is 13.3. The van der Waals surface area contributed by atoms with Crippen LogP contribution in [0.4, 0.5) is 4.39 Å². The first-order valence-electron chi connectivity index (χ1n) is 5.42. The molecule has 0 unspecified atom stereocenters. The van der Waals surface area contributed by atoms with Gasteiger partial charge >= 0.3 is 0 Å². The zero-order valence-electron chi connectivity index (χ0n) is 8.62. The van der Waals surface area contributed by atoms with Crippen LogP contribution in [0.5, 0.6) is 0 Å². The molecule has 1 aliphatic rings. The van der Waals surface area contributed by atoms with Crippen LogP contribution in [0.1, 0.15) is 24.8 Å². The third-order valence-electron chi connectivity index (χ3n) is 2.99.